The minimum Gasteiger partial charge on any atom is -0.497 e. The van der Waals surface area contributed by atoms with E-state index in [-0.39, 0.29) is 18.0 Å². The van der Waals surface area contributed by atoms with Crippen molar-refractivity contribution in [3.8, 4) is 5.75 Å². The molecule has 1 amide bonds. The van der Waals surface area contributed by atoms with E-state index < -0.39 is 0 Å². The second kappa shape index (κ2) is 5.64. The summed E-state index contributed by atoms with van der Waals surface area (Å²) in [6, 6.07) is 8.34. The number of carbonyl (C=O) groups excluding carboxylic acids is 1. The molecule has 5 nitrogen and oxygen atoms in total. The molecule has 3 fully saturated rings. The molecule has 2 atom stereocenters. The summed E-state index contributed by atoms with van der Waals surface area (Å²) in [5.41, 5.74) is 2.37. The molecule has 23 heavy (non-hydrogen) atoms. The van der Waals surface area contributed by atoms with Crippen LogP contribution in [0.3, 0.4) is 0 Å². The van der Waals surface area contributed by atoms with E-state index in [0.717, 1.165) is 24.4 Å². The lowest BCUT2D eigenvalue weighted by atomic mass is 9.78. The SMILES string of the molecule is CCC(=O)N1N=C2C3CCN(CC3)C2C1c1ccc(OC)cc1. The zero-order chi connectivity index (χ0) is 16.0. The molecule has 0 N–H and O–H groups in total. The zero-order valence-electron chi connectivity index (χ0n) is 13.7. The van der Waals surface area contributed by atoms with Crippen molar-refractivity contribution in [1.82, 2.24) is 9.91 Å². The lowest BCUT2D eigenvalue weighted by Gasteiger charge is -2.46. The summed E-state index contributed by atoms with van der Waals surface area (Å²) < 4.78 is 5.26. The fourth-order valence-electron chi connectivity index (χ4n) is 4.22. The second-order valence-electron chi connectivity index (χ2n) is 6.59. The monoisotopic (exact) mass is 313 g/mol. The maximum atomic E-state index is 12.5. The van der Waals surface area contributed by atoms with Gasteiger partial charge in [0.05, 0.1) is 18.9 Å². The van der Waals surface area contributed by atoms with Gasteiger partial charge in [-0.3, -0.25) is 9.69 Å². The van der Waals surface area contributed by atoms with Gasteiger partial charge in [-0.1, -0.05) is 19.1 Å². The molecule has 1 aromatic rings. The quantitative estimate of drug-likeness (QED) is 0.861. The Hall–Kier alpha value is -1.88. The van der Waals surface area contributed by atoms with Crippen LogP contribution in [0.25, 0.3) is 0 Å². The average Bonchev–Trinajstić information content (AvgIpc) is 3.04. The van der Waals surface area contributed by atoms with Crippen molar-refractivity contribution >= 4 is 11.6 Å². The summed E-state index contributed by atoms with van der Waals surface area (Å²) in [7, 11) is 1.67. The first kappa shape index (κ1) is 14.7. The molecule has 0 aliphatic carbocycles. The van der Waals surface area contributed by atoms with Gasteiger partial charge in [-0.05, 0) is 43.6 Å². The Kier molecular flexibility index (Phi) is 3.60. The van der Waals surface area contributed by atoms with Crippen LogP contribution in [0, 0.1) is 5.92 Å². The van der Waals surface area contributed by atoms with E-state index >= 15 is 0 Å². The van der Waals surface area contributed by atoms with Crippen LogP contribution in [0.15, 0.2) is 29.4 Å². The molecule has 2 bridgehead atoms. The molecular formula is C18H23N3O2. The van der Waals surface area contributed by atoms with Crippen LogP contribution < -0.4 is 4.74 Å². The number of fused-ring (bicyclic) bond motifs is 2. The molecule has 4 aliphatic heterocycles. The summed E-state index contributed by atoms with van der Waals surface area (Å²) in [6.45, 7) is 4.15. The molecule has 0 saturated carbocycles. The summed E-state index contributed by atoms with van der Waals surface area (Å²) in [5.74, 6) is 1.50. The van der Waals surface area contributed by atoms with Crippen molar-refractivity contribution in [2.45, 2.75) is 38.3 Å². The predicted octanol–water partition coefficient (Wildman–Crippen LogP) is 2.44. The highest BCUT2D eigenvalue weighted by molar-refractivity contribution is 5.97. The lowest BCUT2D eigenvalue weighted by molar-refractivity contribution is -0.133. The maximum Gasteiger partial charge on any atom is 0.243 e. The van der Waals surface area contributed by atoms with E-state index in [1.165, 1.54) is 18.6 Å². The Labute approximate surface area is 136 Å². The molecule has 4 heterocycles. The van der Waals surface area contributed by atoms with E-state index in [2.05, 4.69) is 17.0 Å². The number of ether oxygens (including phenoxy) is 1. The first-order valence-corrected chi connectivity index (χ1v) is 8.51. The van der Waals surface area contributed by atoms with Gasteiger partial charge < -0.3 is 4.74 Å². The van der Waals surface area contributed by atoms with Crippen molar-refractivity contribution in [1.29, 1.82) is 0 Å². The first-order valence-electron chi connectivity index (χ1n) is 8.51. The number of carbonyl (C=O) groups is 1. The number of methoxy groups -OCH3 is 1. The third-order valence-electron chi connectivity index (χ3n) is 5.45. The average molecular weight is 313 g/mol. The van der Waals surface area contributed by atoms with Crippen LogP contribution in [-0.4, -0.2) is 47.8 Å². The molecule has 5 heteroatoms. The van der Waals surface area contributed by atoms with Gasteiger partial charge in [0.1, 0.15) is 11.8 Å². The highest BCUT2D eigenvalue weighted by Gasteiger charge is 2.50. The summed E-state index contributed by atoms with van der Waals surface area (Å²) in [4.78, 5) is 15.0. The molecular weight excluding hydrogens is 290 g/mol. The Morgan fingerprint density at radius 3 is 2.52 bits per heavy atom. The summed E-state index contributed by atoms with van der Waals surface area (Å²) >= 11 is 0. The fraction of sp³-hybridized carbons (Fsp3) is 0.556. The van der Waals surface area contributed by atoms with Gasteiger partial charge in [-0.15, -0.1) is 0 Å². The van der Waals surface area contributed by atoms with Gasteiger partial charge in [-0.2, -0.15) is 5.10 Å². The van der Waals surface area contributed by atoms with Crippen molar-refractivity contribution < 1.29 is 9.53 Å². The molecule has 3 saturated heterocycles. The van der Waals surface area contributed by atoms with Gasteiger partial charge in [0.2, 0.25) is 5.91 Å². The van der Waals surface area contributed by atoms with E-state index in [9.17, 15) is 4.79 Å². The molecule has 0 spiro atoms. The lowest BCUT2D eigenvalue weighted by Crippen LogP contribution is -2.56. The second-order valence-corrected chi connectivity index (χ2v) is 6.59. The maximum absolute atomic E-state index is 12.5. The van der Waals surface area contributed by atoms with Crippen molar-refractivity contribution in [2.75, 3.05) is 20.2 Å². The molecule has 0 radical (unpaired) electrons. The third-order valence-corrected chi connectivity index (χ3v) is 5.45. The Morgan fingerprint density at radius 2 is 1.91 bits per heavy atom. The number of hydrazone groups is 1. The van der Waals surface area contributed by atoms with Gasteiger partial charge in [0, 0.05) is 12.3 Å². The number of nitrogens with zero attached hydrogens (tertiary/aromatic N) is 3. The van der Waals surface area contributed by atoms with Crippen molar-refractivity contribution in [3.05, 3.63) is 29.8 Å². The van der Waals surface area contributed by atoms with Gasteiger partial charge in [0.25, 0.3) is 0 Å². The van der Waals surface area contributed by atoms with E-state index in [0.29, 0.717) is 12.3 Å². The standard InChI is InChI=1S/C18H23N3O2/c1-3-15(22)21-17(13-4-6-14(23-2)7-5-13)18-16(19-21)12-8-10-20(18)11-9-12/h4-7,12,17-18H,3,8-11H2,1-2H3. The zero-order valence-corrected chi connectivity index (χ0v) is 13.7. The largest absolute Gasteiger partial charge is 0.497 e. The van der Waals surface area contributed by atoms with Crippen LogP contribution >= 0.6 is 0 Å². The highest BCUT2D eigenvalue weighted by Crippen LogP contribution is 2.43. The minimum absolute atomic E-state index is 0.00598. The Balaban J connectivity index is 1.73. The smallest absolute Gasteiger partial charge is 0.243 e. The van der Waals surface area contributed by atoms with E-state index in [1.54, 1.807) is 12.1 Å². The van der Waals surface area contributed by atoms with Crippen LogP contribution in [0.5, 0.6) is 5.75 Å². The van der Waals surface area contributed by atoms with Crippen LogP contribution in [0.4, 0.5) is 0 Å². The number of hydrogen-bond donors (Lipinski definition) is 0. The third kappa shape index (κ3) is 2.26. The number of amides is 1. The number of hydrogen-bond acceptors (Lipinski definition) is 4. The molecule has 0 aromatic heterocycles. The van der Waals surface area contributed by atoms with E-state index in [4.69, 9.17) is 9.84 Å². The molecule has 5 rings (SSSR count). The minimum atomic E-state index is 0.00598. The fourth-order valence-corrected chi connectivity index (χ4v) is 4.22. The van der Waals surface area contributed by atoms with E-state index in [1.807, 2.05) is 19.1 Å². The normalized spacial score (nSPS) is 31.7. The predicted molar refractivity (Wildman–Crippen MR) is 88.4 cm³/mol. The van der Waals surface area contributed by atoms with Crippen molar-refractivity contribution in [2.24, 2.45) is 11.0 Å². The van der Waals surface area contributed by atoms with Gasteiger partial charge >= 0.3 is 0 Å². The first-order chi connectivity index (χ1) is 11.2. The van der Waals surface area contributed by atoms with Crippen LogP contribution in [0.2, 0.25) is 0 Å². The highest BCUT2D eigenvalue weighted by atomic mass is 16.5. The Morgan fingerprint density at radius 1 is 1.22 bits per heavy atom. The topological polar surface area (TPSA) is 45.1 Å². The van der Waals surface area contributed by atoms with Gasteiger partial charge in [-0.25, -0.2) is 5.01 Å². The van der Waals surface area contributed by atoms with Gasteiger partial charge in [0.15, 0.2) is 0 Å². The molecule has 1 aromatic carbocycles. The molecule has 122 valence electrons. The molecule has 2 unspecified atom stereocenters. The summed E-state index contributed by atoms with van der Waals surface area (Å²) in [5, 5.41) is 6.54. The number of benzene rings is 1. The number of piperidine rings is 3. The van der Waals surface area contributed by atoms with Crippen LogP contribution in [-0.2, 0) is 4.79 Å². The summed E-state index contributed by atoms with van der Waals surface area (Å²) in [6.07, 6.45) is 2.85. The molecule has 4 aliphatic rings. The van der Waals surface area contributed by atoms with Crippen LogP contribution in [0.1, 0.15) is 37.8 Å². The number of rotatable bonds is 3. The van der Waals surface area contributed by atoms with Crippen molar-refractivity contribution in [3.63, 3.8) is 0 Å². The Bertz CT molecular complexity index is 632.